The Kier molecular flexibility index (Phi) is 26.0. The van der Waals surface area contributed by atoms with Gasteiger partial charge in [-0.1, -0.05) is 83.5 Å². The minimum Gasteiger partial charge on any atom is -0.481 e. The number of aromatic nitrogens is 2. The Morgan fingerprint density at radius 3 is 1.93 bits per heavy atom. The van der Waals surface area contributed by atoms with Gasteiger partial charge in [-0.25, -0.2) is 4.79 Å². The van der Waals surface area contributed by atoms with Gasteiger partial charge in [0.2, 0.25) is 59.1 Å². The number of amides is 10. The van der Waals surface area contributed by atoms with Gasteiger partial charge >= 0.3 is 11.9 Å². The van der Waals surface area contributed by atoms with Crippen molar-refractivity contribution < 1.29 is 85.5 Å². The number of esters is 1. The van der Waals surface area contributed by atoms with Crippen LogP contribution in [0, 0.1) is 17.8 Å². The van der Waals surface area contributed by atoms with E-state index in [9.17, 15) is 66.0 Å². The molecule has 2 aromatic heterocycles. The molecule has 0 saturated carbocycles. The molecular formula is C63H86N12O18S. The number of benzene rings is 2. The van der Waals surface area contributed by atoms with E-state index in [4.69, 9.17) is 9.84 Å². The zero-order chi connectivity index (χ0) is 69.5. The summed E-state index contributed by atoms with van der Waals surface area (Å²) >= 11 is 0. The van der Waals surface area contributed by atoms with Gasteiger partial charge in [-0.2, -0.15) is 8.42 Å². The Labute approximate surface area is 543 Å². The van der Waals surface area contributed by atoms with E-state index >= 15 is 9.59 Å². The molecule has 10 amide bonds. The van der Waals surface area contributed by atoms with Crippen LogP contribution < -0.4 is 47.9 Å². The summed E-state index contributed by atoms with van der Waals surface area (Å²) in [5.74, 6) is -16.9. The summed E-state index contributed by atoms with van der Waals surface area (Å²) in [4.78, 5) is 176. The molecule has 94 heavy (non-hydrogen) atoms. The molecule has 0 bridgehead atoms. The number of hydrogen-bond donors (Lipinski definition) is 14. The third-order valence-corrected chi connectivity index (χ3v) is 16.7. The van der Waals surface area contributed by atoms with Gasteiger partial charge in [0, 0.05) is 53.6 Å². The lowest BCUT2D eigenvalue weighted by Crippen LogP contribution is -2.62. The molecule has 2 aliphatic heterocycles. The lowest BCUT2D eigenvalue weighted by molar-refractivity contribution is -0.152. The number of para-hydroxylation sites is 1. The molecule has 2 fully saturated rings. The summed E-state index contributed by atoms with van der Waals surface area (Å²) in [5, 5.41) is 43.4. The first kappa shape index (κ1) is 73.8. The fraction of sp³-hybridized carbons (Fsp3) is 0.524. The molecule has 512 valence electrons. The van der Waals surface area contributed by atoms with Crippen molar-refractivity contribution in [3.05, 3.63) is 83.2 Å². The first-order chi connectivity index (χ1) is 44.2. The molecule has 2 aromatic carbocycles. The van der Waals surface area contributed by atoms with Gasteiger partial charge in [0.1, 0.15) is 73.2 Å². The smallest absolute Gasteiger partial charge is 0.331 e. The van der Waals surface area contributed by atoms with E-state index in [1.807, 2.05) is 38.1 Å². The van der Waals surface area contributed by atoms with Gasteiger partial charge in [-0.3, -0.25) is 57.3 Å². The number of nitrogens with zero attached hydrogens (tertiary/aromatic N) is 1. The van der Waals surface area contributed by atoms with E-state index in [0.717, 1.165) is 21.4 Å². The van der Waals surface area contributed by atoms with Crippen molar-refractivity contribution in [1.29, 1.82) is 0 Å². The maximum absolute atomic E-state index is 15.3. The summed E-state index contributed by atoms with van der Waals surface area (Å²) in [6, 6.07) is -4.13. The highest BCUT2D eigenvalue weighted by atomic mass is 32.2. The average molecular weight is 1330 g/mol. The Balaban J connectivity index is 1.46. The molecule has 4 aromatic rings. The van der Waals surface area contributed by atoms with Crippen molar-refractivity contribution in [2.24, 2.45) is 17.8 Å². The molecule has 0 aliphatic carbocycles. The van der Waals surface area contributed by atoms with Crippen molar-refractivity contribution in [2.45, 2.75) is 168 Å². The lowest BCUT2D eigenvalue weighted by Gasteiger charge is -2.31. The number of nitrogens with one attached hydrogen (secondary N) is 11. The third kappa shape index (κ3) is 20.4. The topological polar surface area (TPSA) is 452 Å². The van der Waals surface area contributed by atoms with E-state index in [2.05, 4.69) is 57.8 Å². The number of aromatic amines is 2. The first-order valence-electron chi connectivity index (χ1n) is 31.0. The van der Waals surface area contributed by atoms with E-state index in [1.54, 1.807) is 64.4 Å². The van der Waals surface area contributed by atoms with Gasteiger partial charge in [0.25, 0.3) is 10.1 Å². The second-order valence-corrected chi connectivity index (χ2v) is 26.5. The fourth-order valence-electron chi connectivity index (χ4n) is 11.1. The fourth-order valence-corrected chi connectivity index (χ4v) is 11.7. The molecular weight excluding hydrogens is 1240 g/mol. The summed E-state index contributed by atoms with van der Waals surface area (Å²) in [7, 11) is -5.24. The quantitative estimate of drug-likeness (QED) is 0.0231. The summed E-state index contributed by atoms with van der Waals surface area (Å²) < 4.78 is 41.3. The molecule has 6 rings (SSSR count). The Hall–Kier alpha value is -9.23. The van der Waals surface area contributed by atoms with Crippen molar-refractivity contribution in [3.8, 4) is 0 Å². The van der Waals surface area contributed by atoms with Crippen LogP contribution >= 0.6 is 0 Å². The van der Waals surface area contributed by atoms with E-state index < -0.39 is 179 Å². The maximum Gasteiger partial charge on any atom is 0.331 e. The largest absolute Gasteiger partial charge is 0.481 e. The standard InChI is InChI=1S/C63H86N12O18S/c1-31(2)19-20-36-14-12-17-41-51(36)38(27-65-41)24-44-57(83)74-53(34(7)8)60(86)69-42(22-32(3)4)55(81)70-45(28-76)63(89)93-29-46(71-61(87)52(33(5)6)73-54(80)35(9)66-49(77)25-50(78)79)58(84)72-47(30-94(90,91)92)62(88)75-21-13-18-48(75)59(85)68-43(56(82)67-44)23-37-26-64-40-16-11-10-15-39(37)40/h10-12,14-17,19,26-27,32-35,42-48,52-53,64-65,76H,13,18,20-25,28-30H2,1-9H3,(H,66,77)(H,67,82)(H,68,85)(H,69,86)(H,70,81)(H,71,87)(H,72,84)(H,73,80)(H,74,83)(H,78,79)(H,90,91,92)/t35-,42+,43-,44-,45-,46-,47+,48-,52-,53+/m0/s1. The maximum atomic E-state index is 15.3. The van der Waals surface area contributed by atoms with Crippen LogP contribution in [-0.2, 0) is 91.7 Å². The highest BCUT2D eigenvalue weighted by Gasteiger charge is 2.43. The second kappa shape index (κ2) is 33.1. The minimum atomic E-state index is -5.24. The summed E-state index contributed by atoms with van der Waals surface area (Å²) in [5.41, 5.74) is 4.43. The number of carboxylic acids is 1. The number of H-pyrrole nitrogens is 2. The number of ether oxygens (including phenoxy) is 1. The van der Waals surface area contributed by atoms with E-state index in [1.165, 1.54) is 20.8 Å². The number of aliphatic hydroxyl groups is 1. The van der Waals surface area contributed by atoms with Crippen molar-refractivity contribution in [2.75, 3.05) is 25.5 Å². The van der Waals surface area contributed by atoms with Gasteiger partial charge in [0.15, 0.2) is 6.04 Å². The van der Waals surface area contributed by atoms with Crippen LogP contribution in [0.25, 0.3) is 21.8 Å². The Bertz CT molecular complexity index is 3630. The van der Waals surface area contributed by atoms with Crippen molar-refractivity contribution >= 4 is 103 Å². The molecule has 2 aliphatic rings. The van der Waals surface area contributed by atoms with Gasteiger partial charge < -0.3 is 77.7 Å². The highest BCUT2D eigenvalue weighted by Crippen LogP contribution is 2.27. The molecule has 30 nitrogen and oxygen atoms in total. The monoisotopic (exact) mass is 1330 g/mol. The van der Waals surface area contributed by atoms with Crippen LogP contribution in [0.5, 0.6) is 0 Å². The van der Waals surface area contributed by atoms with Crippen LogP contribution in [0.1, 0.15) is 105 Å². The van der Waals surface area contributed by atoms with Crippen LogP contribution in [0.15, 0.2) is 66.5 Å². The summed E-state index contributed by atoms with van der Waals surface area (Å²) in [6.45, 7) is 12.0. The molecule has 0 radical (unpaired) electrons. The zero-order valence-electron chi connectivity index (χ0n) is 53.9. The number of hydrogen-bond acceptors (Lipinski definition) is 16. The van der Waals surface area contributed by atoms with E-state index in [0.29, 0.717) is 34.0 Å². The van der Waals surface area contributed by atoms with Gasteiger partial charge in [-0.15, -0.1) is 0 Å². The molecule has 4 heterocycles. The number of aliphatic hydroxyl groups excluding tert-OH is 1. The number of fused-ring (bicyclic) bond motifs is 3. The normalized spacial score (nSPS) is 22.5. The molecule has 2 saturated heterocycles. The number of aliphatic carboxylic acids is 1. The summed E-state index contributed by atoms with van der Waals surface area (Å²) in [6.07, 6.45) is 4.36. The second-order valence-electron chi connectivity index (χ2n) is 25.0. The number of carbonyl (C=O) groups is 12. The molecule has 31 heteroatoms. The van der Waals surface area contributed by atoms with Crippen molar-refractivity contribution in [3.63, 3.8) is 0 Å². The molecule has 0 spiro atoms. The number of carboxylic acid groups (broad SMARTS) is 1. The lowest BCUT2D eigenvalue weighted by atomic mass is 9.96. The molecule has 0 unspecified atom stereocenters. The first-order valence-corrected chi connectivity index (χ1v) is 32.6. The van der Waals surface area contributed by atoms with Crippen LogP contribution in [0.3, 0.4) is 0 Å². The predicted molar refractivity (Wildman–Crippen MR) is 341 cm³/mol. The van der Waals surface area contributed by atoms with E-state index in [-0.39, 0.29) is 44.6 Å². The van der Waals surface area contributed by atoms with Crippen molar-refractivity contribution in [1.82, 2.24) is 62.7 Å². The Morgan fingerprint density at radius 1 is 0.691 bits per heavy atom. The molecule has 14 N–H and O–H groups in total. The number of allylic oxidation sites excluding steroid dienone is 2. The van der Waals surface area contributed by atoms with Gasteiger partial charge in [-0.05, 0) is 93.0 Å². The SMILES string of the molecule is CC(C)=CCc1cccc2[nH]cc(C[C@@H]3NC(=O)[C@H](Cc4c[nH]c5ccccc45)NC(=O)[C@@H]4CCCN4C(=O)[C@@H](CS(=O)(=O)O)NC(=O)[C@@H](NC(=O)[C@@H](NC(=O)[C@H](C)NC(=O)CC(=O)O)C(C)C)COC(=O)[C@H](CO)NC(=O)[C@@H](CC(C)C)NC(=O)[C@@H](C(C)C)NC3=O)c12. The van der Waals surface area contributed by atoms with Gasteiger partial charge in [0.05, 0.1) is 6.61 Å². The number of cyclic esters (lactones) is 1. The number of rotatable bonds is 20. The minimum absolute atomic E-state index is 0.0849. The third-order valence-electron chi connectivity index (χ3n) is 15.9. The molecule has 10 atom stereocenters. The predicted octanol–water partition coefficient (Wildman–Crippen LogP) is -0.413. The zero-order valence-corrected chi connectivity index (χ0v) is 54.7. The van der Waals surface area contributed by atoms with Crippen LogP contribution in [0.2, 0.25) is 0 Å². The average Bonchev–Trinajstić information content (AvgIpc) is 1.63. The Morgan fingerprint density at radius 2 is 1.29 bits per heavy atom. The number of carbonyl (C=O) groups excluding carboxylic acids is 11. The van der Waals surface area contributed by atoms with Crippen LogP contribution in [0.4, 0.5) is 0 Å². The van der Waals surface area contributed by atoms with Crippen LogP contribution in [-0.4, -0.2) is 195 Å². The highest BCUT2D eigenvalue weighted by molar-refractivity contribution is 7.85.